The Kier molecular flexibility index (Phi) is 2.51. The first-order chi connectivity index (χ1) is 10.2. The molecule has 21 heavy (non-hydrogen) atoms. The molecule has 102 valence electrons. The number of halogens is 1. The van der Waals surface area contributed by atoms with E-state index in [0.717, 1.165) is 32.9 Å². The largest absolute Gasteiger partial charge is 0.343 e. The highest BCUT2D eigenvalue weighted by Gasteiger charge is 2.09. The fourth-order valence-corrected chi connectivity index (χ4v) is 2.82. The van der Waals surface area contributed by atoms with Crippen LogP contribution in [0.2, 0.25) is 0 Å². The Morgan fingerprint density at radius 2 is 1.76 bits per heavy atom. The van der Waals surface area contributed by atoms with E-state index in [1.807, 2.05) is 31.4 Å². The van der Waals surface area contributed by atoms with Gasteiger partial charge >= 0.3 is 0 Å². The normalized spacial score (nSPS) is 11.3. The van der Waals surface area contributed by atoms with Crippen LogP contribution in [-0.2, 0) is 7.05 Å². The van der Waals surface area contributed by atoms with Gasteiger partial charge in [-0.3, -0.25) is 4.98 Å². The van der Waals surface area contributed by atoms with E-state index < -0.39 is 5.95 Å². The molecule has 0 bridgehead atoms. The summed E-state index contributed by atoms with van der Waals surface area (Å²) in [7, 11) is 2.03. The van der Waals surface area contributed by atoms with Gasteiger partial charge in [0.15, 0.2) is 0 Å². The highest BCUT2D eigenvalue weighted by atomic mass is 19.1. The van der Waals surface area contributed by atoms with Crippen molar-refractivity contribution in [3.63, 3.8) is 0 Å². The van der Waals surface area contributed by atoms with Crippen LogP contribution < -0.4 is 0 Å². The Morgan fingerprint density at radius 1 is 0.905 bits per heavy atom. The fourth-order valence-electron chi connectivity index (χ4n) is 2.82. The Bertz CT molecular complexity index is 972. The van der Waals surface area contributed by atoms with Gasteiger partial charge in [0.05, 0.1) is 5.52 Å². The van der Waals surface area contributed by atoms with Crippen LogP contribution in [0.25, 0.3) is 32.9 Å². The van der Waals surface area contributed by atoms with Crippen molar-refractivity contribution in [2.24, 2.45) is 7.05 Å². The molecule has 0 saturated carbocycles. The molecule has 0 aliphatic carbocycles. The molecular weight excluding hydrogens is 265 g/mol. The van der Waals surface area contributed by atoms with Crippen molar-refractivity contribution in [3.05, 3.63) is 60.9 Å². The number of pyridine rings is 2. The molecule has 3 heterocycles. The number of hydrogen-bond acceptors (Lipinski definition) is 2. The van der Waals surface area contributed by atoms with Crippen molar-refractivity contribution in [1.82, 2.24) is 14.5 Å². The maximum atomic E-state index is 13.3. The molecular formula is C17H12FN3. The van der Waals surface area contributed by atoms with Crippen molar-refractivity contribution < 1.29 is 4.39 Å². The summed E-state index contributed by atoms with van der Waals surface area (Å²) >= 11 is 0. The predicted octanol–water partition coefficient (Wildman–Crippen LogP) is 3.93. The van der Waals surface area contributed by atoms with Crippen LogP contribution in [0.1, 0.15) is 0 Å². The van der Waals surface area contributed by atoms with Crippen molar-refractivity contribution in [2.45, 2.75) is 0 Å². The molecule has 4 rings (SSSR count). The van der Waals surface area contributed by atoms with E-state index in [-0.39, 0.29) is 0 Å². The number of hydrogen-bond donors (Lipinski definition) is 0. The lowest BCUT2D eigenvalue weighted by atomic mass is 10.0. The summed E-state index contributed by atoms with van der Waals surface area (Å²) in [6.45, 7) is 0. The van der Waals surface area contributed by atoms with Gasteiger partial charge in [-0.25, -0.2) is 4.98 Å². The van der Waals surface area contributed by atoms with Crippen molar-refractivity contribution in [2.75, 3.05) is 0 Å². The molecule has 0 unspecified atom stereocenters. The van der Waals surface area contributed by atoms with Crippen LogP contribution in [0.3, 0.4) is 0 Å². The van der Waals surface area contributed by atoms with Crippen LogP contribution in [-0.4, -0.2) is 14.5 Å². The Labute approximate surface area is 120 Å². The second-order valence-electron chi connectivity index (χ2n) is 5.05. The number of fused-ring (bicyclic) bond motifs is 3. The lowest BCUT2D eigenvalue weighted by Crippen LogP contribution is -1.88. The molecule has 0 aliphatic rings. The zero-order valence-electron chi connectivity index (χ0n) is 11.4. The molecule has 3 aromatic heterocycles. The van der Waals surface area contributed by atoms with Crippen LogP contribution in [0.5, 0.6) is 0 Å². The average molecular weight is 277 g/mol. The minimum atomic E-state index is -0.464. The van der Waals surface area contributed by atoms with Crippen LogP contribution in [0.15, 0.2) is 55.0 Å². The number of nitrogens with zero attached hydrogens (tertiary/aromatic N) is 3. The minimum absolute atomic E-state index is 0.464. The molecule has 1 aromatic carbocycles. The molecule has 0 saturated heterocycles. The van der Waals surface area contributed by atoms with E-state index in [9.17, 15) is 4.39 Å². The van der Waals surface area contributed by atoms with Crippen molar-refractivity contribution >= 4 is 21.8 Å². The zero-order valence-corrected chi connectivity index (χ0v) is 11.4. The number of benzene rings is 1. The van der Waals surface area contributed by atoms with Gasteiger partial charge in [0.1, 0.15) is 0 Å². The third kappa shape index (κ3) is 1.80. The highest BCUT2D eigenvalue weighted by molar-refractivity contribution is 6.08. The van der Waals surface area contributed by atoms with Gasteiger partial charge in [-0.05, 0) is 29.3 Å². The quantitative estimate of drug-likeness (QED) is 0.494. The standard InChI is InChI=1S/C17H12FN3/c1-21-15-5-6-19-10-14(15)13-3-2-11(8-16(13)21)12-4-7-20-17(18)9-12/h2-10H,1H3. The van der Waals surface area contributed by atoms with E-state index in [4.69, 9.17) is 0 Å². The van der Waals surface area contributed by atoms with Crippen LogP contribution in [0.4, 0.5) is 4.39 Å². The lowest BCUT2D eigenvalue weighted by Gasteiger charge is -2.03. The molecule has 0 atom stereocenters. The SMILES string of the molecule is Cn1c2ccncc2c2ccc(-c3ccnc(F)c3)cc21. The summed E-state index contributed by atoms with van der Waals surface area (Å²) in [6.07, 6.45) is 5.16. The van der Waals surface area contributed by atoms with E-state index in [1.165, 1.54) is 12.3 Å². The first-order valence-corrected chi connectivity index (χ1v) is 6.68. The third-order valence-electron chi connectivity index (χ3n) is 3.87. The van der Waals surface area contributed by atoms with Gasteiger partial charge in [0.2, 0.25) is 5.95 Å². The molecule has 0 N–H and O–H groups in total. The topological polar surface area (TPSA) is 30.7 Å². The molecule has 0 radical (unpaired) electrons. The molecule has 0 amide bonds. The van der Waals surface area contributed by atoms with E-state index in [0.29, 0.717) is 0 Å². The first kappa shape index (κ1) is 12.0. The van der Waals surface area contributed by atoms with E-state index in [2.05, 4.69) is 26.7 Å². The van der Waals surface area contributed by atoms with Gasteiger partial charge in [-0.15, -0.1) is 0 Å². The second kappa shape index (κ2) is 4.38. The Balaban J connectivity index is 2.02. The monoisotopic (exact) mass is 277 g/mol. The van der Waals surface area contributed by atoms with Crippen LogP contribution >= 0.6 is 0 Å². The zero-order chi connectivity index (χ0) is 14.4. The summed E-state index contributed by atoms with van der Waals surface area (Å²) in [5, 5.41) is 2.28. The minimum Gasteiger partial charge on any atom is -0.343 e. The van der Waals surface area contributed by atoms with Gasteiger partial charge in [0, 0.05) is 48.0 Å². The molecule has 4 heteroatoms. The van der Waals surface area contributed by atoms with Crippen LogP contribution in [0, 0.1) is 5.95 Å². The third-order valence-corrected chi connectivity index (χ3v) is 3.87. The average Bonchev–Trinajstić information content (AvgIpc) is 2.81. The predicted molar refractivity (Wildman–Crippen MR) is 81.4 cm³/mol. The van der Waals surface area contributed by atoms with Gasteiger partial charge < -0.3 is 4.57 Å². The van der Waals surface area contributed by atoms with E-state index >= 15 is 0 Å². The van der Waals surface area contributed by atoms with Gasteiger partial charge in [-0.2, -0.15) is 4.39 Å². The maximum absolute atomic E-state index is 13.3. The number of aryl methyl sites for hydroxylation is 1. The Hall–Kier alpha value is -2.75. The number of rotatable bonds is 1. The van der Waals surface area contributed by atoms with E-state index in [1.54, 1.807) is 6.20 Å². The highest BCUT2D eigenvalue weighted by Crippen LogP contribution is 2.31. The van der Waals surface area contributed by atoms with Crippen molar-refractivity contribution in [1.29, 1.82) is 0 Å². The lowest BCUT2D eigenvalue weighted by molar-refractivity contribution is 0.584. The molecule has 0 aliphatic heterocycles. The first-order valence-electron chi connectivity index (χ1n) is 6.68. The molecule has 3 nitrogen and oxygen atoms in total. The summed E-state index contributed by atoms with van der Waals surface area (Å²) in [5.41, 5.74) is 4.04. The molecule has 0 fully saturated rings. The number of aromatic nitrogens is 3. The molecule has 0 spiro atoms. The maximum Gasteiger partial charge on any atom is 0.213 e. The Morgan fingerprint density at radius 3 is 2.62 bits per heavy atom. The summed E-state index contributed by atoms with van der Waals surface area (Å²) in [4.78, 5) is 7.80. The smallest absolute Gasteiger partial charge is 0.213 e. The van der Waals surface area contributed by atoms with Crippen molar-refractivity contribution in [3.8, 4) is 11.1 Å². The van der Waals surface area contributed by atoms with Gasteiger partial charge in [0.25, 0.3) is 0 Å². The summed E-state index contributed by atoms with van der Waals surface area (Å²) < 4.78 is 15.4. The molecule has 4 aromatic rings. The summed E-state index contributed by atoms with van der Waals surface area (Å²) in [6, 6.07) is 11.4. The fraction of sp³-hybridized carbons (Fsp3) is 0.0588. The second-order valence-corrected chi connectivity index (χ2v) is 5.05. The summed E-state index contributed by atoms with van der Waals surface area (Å²) in [5.74, 6) is -0.464. The van der Waals surface area contributed by atoms with Gasteiger partial charge in [-0.1, -0.05) is 12.1 Å².